The largest absolute Gasteiger partial charge is 0.350 e. The Labute approximate surface area is 172 Å². The average Bonchev–Trinajstić information content (AvgIpc) is 3.20. The first-order chi connectivity index (χ1) is 12.9. The van der Waals surface area contributed by atoms with Gasteiger partial charge in [0.2, 0.25) is 5.91 Å². The van der Waals surface area contributed by atoms with Crippen LogP contribution >= 0.6 is 11.6 Å². The lowest BCUT2D eigenvalue weighted by Crippen LogP contribution is -2.48. The van der Waals surface area contributed by atoms with E-state index in [1.807, 2.05) is 55.9 Å². The van der Waals surface area contributed by atoms with Crippen LogP contribution in [0.25, 0.3) is 0 Å². The minimum Gasteiger partial charge on any atom is -0.350 e. The van der Waals surface area contributed by atoms with Gasteiger partial charge in [-0.1, -0.05) is 23.7 Å². The number of carbonyl (C=O) groups is 1. The van der Waals surface area contributed by atoms with Gasteiger partial charge in [0.15, 0.2) is 0 Å². The third kappa shape index (κ3) is 4.76. The first-order valence-electron chi connectivity index (χ1n) is 9.84. The predicted molar refractivity (Wildman–Crippen MR) is 114 cm³/mol. The summed E-state index contributed by atoms with van der Waals surface area (Å²) in [4.78, 5) is 12.8. The maximum Gasteiger partial charge on any atom is 0.237 e. The zero-order chi connectivity index (χ0) is 20.7. The van der Waals surface area contributed by atoms with Gasteiger partial charge in [-0.2, -0.15) is 5.10 Å². The van der Waals surface area contributed by atoms with Gasteiger partial charge in [-0.25, -0.2) is 0 Å². The fourth-order valence-corrected chi connectivity index (χ4v) is 3.76. The van der Waals surface area contributed by atoms with E-state index in [1.54, 1.807) is 0 Å². The van der Waals surface area contributed by atoms with Gasteiger partial charge >= 0.3 is 0 Å². The van der Waals surface area contributed by atoms with Gasteiger partial charge in [-0.05, 0) is 71.7 Å². The van der Waals surface area contributed by atoms with Crippen molar-refractivity contribution < 1.29 is 4.79 Å². The molecule has 0 unspecified atom stereocenters. The van der Waals surface area contributed by atoms with E-state index in [0.29, 0.717) is 11.4 Å². The molecule has 3 rings (SSSR count). The molecule has 2 N–H and O–H groups in total. The number of halogens is 1. The van der Waals surface area contributed by atoms with Gasteiger partial charge in [0.25, 0.3) is 0 Å². The number of hydrogen-bond acceptors (Lipinski definition) is 3. The van der Waals surface area contributed by atoms with E-state index in [-0.39, 0.29) is 35.0 Å². The van der Waals surface area contributed by atoms with Gasteiger partial charge in [-0.15, -0.1) is 0 Å². The maximum atomic E-state index is 12.8. The molecule has 5 nitrogen and oxygen atoms in total. The number of benzene rings is 1. The van der Waals surface area contributed by atoms with Gasteiger partial charge in [0, 0.05) is 28.7 Å². The van der Waals surface area contributed by atoms with Crippen molar-refractivity contribution in [1.82, 2.24) is 20.4 Å². The lowest BCUT2D eigenvalue weighted by molar-refractivity contribution is -0.124. The van der Waals surface area contributed by atoms with Crippen LogP contribution in [0.15, 0.2) is 36.5 Å². The van der Waals surface area contributed by atoms with Crippen molar-refractivity contribution in [2.45, 2.75) is 77.0 Å². The predicted octanol–water partition coefficient (Wildman–Crippen LogP) is 4.39. The van der Waals surface area contributed by atoms with Gasteiger partial charge in [0.1, 0.15) is 0 Å². The SMILES string of the molecule is CC(C)(C)NC(=O)[C@@H]1C[C@@H](c2ccn(C(C)(C)C)n2)[C@H](c2ccc(Cl)cc2)N1. The van der Waals surface area contributed by atoms with E-state index in [0.717, 1.165) is 11.3 Å². The number of nitrogens with zero attached hydrogens (tertiary/aromatic N) is 2. The molecule has 1 aromatic heterocycles. The second kappa shape index (κ2) is 7.53. The molecule has 2 heterocycles. The van der Waals surface area contributed by atoms with Crippen molar-refractivity contribution in [3.63, 3.8) is 0 Å². The van der Waals surface area contributed by atoms with E-state index in [9.17, 15) is 4.79 Å². The zero-order valence-corrected chi connectivity index (χ0v) is 18.3. The van der Waals surface area contributed by atoms with Crippen LogP contribution < -0.4 is 10.6 Å². The summed E-state index contributed by atoms with van der Waals surface area (Å²) >= 11 is 6.08. The minimum absolute atomic E-state index is 0.0105. The van der Waals surface area contributed by atoms with Crippen LogP contribution in [0, 0.1) is 0 Å². The Hall–Kier alpha value is -1.85. The average molecular weight is 403 g/mol. The summed E-state index contributed by atoms with van der Waals surface area (Å²) in [6.07, 6.45) is 2.73. The van der Waals surface area contributed by atoms with Crippen molar-refractivity contribution in [1.29, 1.82) is 0 Å². The Morgan fingerprint density at radius 3 is 2.32 bits per heavy atom. The molecule has 6 heteroatoms. The van der Waals surface area contributed by atoms with E-state index < -0.39 is 0 Å². The molecule has 1 fully saturated rings. The molecule has 1 aliphatic heterocycles. The van der Waals surface area contributed by atoms with Crippen molar-refractivity contribution in [2.75, 3.05) is 0 Å². The summed E-state index contributed by atoms with van der Waals surface area (Å²) in [6, 6.07) is 9.67. The topological polar surface area (TPSA) is 59.0 Å². The highest BCUT2D eigenvalue weighted by atomic mass is 35.5. The summed E-state index contributed by atoms with van der Waals surface area (Å²) in [6.45, 7) is 12.4. The normalized spacial score (nSPS) is 23.0. The number of aromatic nitrogens is 2. The van der Waals surface area contributed by atoms with Crippen LogP contribution in [-0.4, -0.2) is 27.3 Å². The summed E-state index contributed by atoms with van der Waals surface area (Å²) in [5.41, 5.74) is 1.78. The van der Waals surface area contributed by atoms with Crippen LogP contribution in [0.3, 0.4) is 0 Å². The third-order valence-electron chi connectivity index (χ3n) is 4.99. The van der Waals surface area contributed by atoms with Crippen LogP contribution in [0.1, 0.15) is 71.2 Å². The molecule has 0 radical (unpaired) electrons. The minimum atomic E-state index is -0.263. The van der Waals surface area contributed by atoms with Crippen molar-refractivity contribution in [3.05, 3.63) is 52.8 Å². The number of carbonyl (C=O) groups excluding carboxylic acids is 1. The summed E-state index contributed by atoms with van der Waals surface area (Å²) in [5, 5.41) is 12.2. The number of rotatable bonds is 3. The molecule has 0 saturated carbocycles. The molecule has 1 saturated heterocycles. The van der Waals surface area contributed by atoms with Gasteiger partial charge in [0.05, 0.1) is 17.3 Å². The molecule has 28 heavy (non-hydrogen) atoms. The highest BCUT2D eigenvalue weighted by Gasteiger charge is 2.40. The molecule has 152 valence electrons. The molecule has 0 aliphatic carbocycles. The van der Waals surface area contributed by atoms with Crippen molar-refractivity contribution >= 4 is 17.5 Å². The molecule has 1 aromatic carbocycles. The molecule has 1 aliphatic rings. The van der Waals surface area contributed by atoms with E-state index >= 15 is 0 Å². The maximum absolute atomic E-state index is 12.8. The van der Waals surface area contributed by atoms with Crippen LogP contribution in [0.5, 0.6) is 0 Å². The Bertz CT molecular complexity index is 829. The number of nitrogens with one attached hydrogen (secondary N) is 2. The quantitative estimate of drug-likeness (QED) is 0.800. The van der Waals surface area contributed by atoms with Gasteiger partial charge in [-0.3, -0.25) is 14.8 Å². The summed E-state index contributed by atoms with van der Waals surface area (Å²) in [7, 11) is 0. The summed E-state index contributed by atoms with van der Waals surface area (Å²) in [5.74, 6) is 0.143. The van der Waals surface area contributed by atoms with Crippen LogP contribution in [0.2, 0.25) is 5.02 Å². The molecule has 2 aromatic rings. The first-order valence-corrected chi connectivity index (χ1v) is 10.2. The fourth-order valence-electron chi connectivity index (χ4n) is 3.63. The Balaban J connectivity index is 1.91. The smallest absolute Gasteiger partial charge is 0.237 e. The zero-order valence-electron chi connectivity index (χ0n) is 17.6. The molecular formula is C22H31ClN4O. The fraction of sp³-hybridized carbons (Fsp3) is 0.545. The lowest BCUT2D eigenvalue weighted by atomic mass is 9.90. The third-order valence-corrected chi connectivity index (χ3v) is 5.25. The van der Waals surface area contributed by atoms with E-state index in [1.165, 1.54) is 0 Å². The van der Waals surface area contributed by atoms with Crippen LogP contribution in [0.4, 0.5) is 0 Å². The molecular weight excluding hydrogens is 372 g/mol. The Morgan fingerprint density at radius 1 is 1.14 bits per heavy atom. The molecule has 3 atom stereocenters. The van der Waals surface area contributed by atoms with Gasteiger partial charge < -0.3 is 5.32 Å². The molecule has 0 spiro atoms. The number of hydrogen-bond donors (Lipinski definition) is 2. The highest BCUT2D eigenvalue weighted by Crippen LogP contribution is 2.40. The molecule has 1 amide bonds. The van der Waals surface area contributed by atoms with Crippen molar-refractivity contribution in [3.8, 4) is 0 Å². The van der Waals surface area contributed by atoms with E-state index in [4.69, 9.17) is 16.7 Å². The highest BCUT2D eigenvalue weighted by molar-refractivity contribution is 6.30. The summed E-state index contributed by atoms with van der Waals surface area (Å²) < 4.78 is 1.99. The Morgan fingerprint density at radius 2 is 1.79 bits per heavy atom. The monoisotopic (exact) mass is 402 g/mol. The van der Waals surface area contributed by atoms with Crippen LogP contribution in [-0.2, 0) is 10.3 Å². The first kappa shape index (κ1) is 20.9. The number of amides is 1. The molecule has 0 bridgehead atoms. The Kier molecular flexibility index (Phi) is 5.61. The second-order valence-electron chi connectivity index (χ2n) is 9.69. The lowest BCUT2D eigenvalue weighted by Gasteiger charge is -2.23. The standard InChI is InChI=1S/C22H31ClN4O/c1-21(2,3)25-20(28)18-13-16(17-11-12-27(26-17)22(4,5)6)19(24-18)14-7-9-15(23)10-8-14/h7-12,16,18-19,24H,13H2,1-6H3,(H,25,28)/t16-,18-,19-/m0/s1. The second-order valence-corrected chi connectivity index (χ2v) is 10.1. The van der Waals surface area contributed by atoms with E-state index in [2.05, 4.69) is 37.5 Å². The van der Waals surface area contributed by atoms with Crippen molar-refractivity contribution in [2.24, 2.45) is 0 Å².